The van der Waals surface area contributed by atoms with Crippen molar-refractivity contribution in [3.05, 3.63) is 53.9 Å². The minimum absolute atomic E-state index is 0.0857. The third kappa shape index (κ3) is 4.33. The van der Waals surface area contributed by atoms with Crippen LogP contribution >= 0.6 is 0 Å². The molecule has 0 saturated carbocycles. The van der Waals surface area contributed by atoms with E-state index in [1.54, 1.807) is 21.3 Å². The number of ether oxygens (including phenoxy) is 3. The van der Waals surface area contributed by atoms with Crippen molar-refractivity contribution in [2.24, 2.45) is 0 Å². The summed E-state index contributed by atoms with van der Waals surface area (Å²) >= 11 is 0. The maximum atomic E-state index is 12.6. The molecular formula is C23H25N3O5. The van der Waals surface area contributed by atoms with Gasteiger partial charge in [0.25, 0.3) is 0 Å². The van der Waals surface area contributed by atoms with Gasteiger partial charge in [0.2, 0.25) is 17.6 Å². The number of para-hydroxylation sites is 1. The van der Waals surface area contributed by atoms with E-state index in [1.807, 2.05) is 47.4 Å². The van der Waals surface area contributed by atoms with Crippen LogP contribution in [0, 0.1) is 0 Å². The quantitative estimate of drug-likeness (QED) is 0.549. The Morgan fingerprint density at radius 3 is 2.58 bits per heavy atom. The van der Waals surface area contributed by atoms with Gasteiger partial charge in [0, 0.05) is 19.5 Å². The predicted molar refractivity (Wildman–Crippen MR) is 113 cm³/mol. The van der Waals surface area contributed by atoms with Crippen molar-refractivity contribution >= 4 is 5.91 Å². The smallest absolute Gasteiger partial charge is 0.232 e. The van der Waals surface area contributed by atoms with Crippen LogP contribution < -0.4 is 14.2 Å². The molecule has 0 radical (unpaired) electrons. The number of methoxy groups -OCH3 is 3. The summed E-state index contributed by atoms with van der Waals surface area (Å²) in [6, 6.07) is 13.3. The molecule has 1 unspecified atom stereocenters. The molecule has 4 rings (SSSR count). The summed E-state index contributed by atoms with van der Waals surface area (Å²) in [5, 5.41) is 4.10. The molecule has 1 aliphatic rings. The molecule has 0 aliphatic carbocycles. The van der Waals surface area contributed by atoms with Gasteiger partial charge >= 0.3 is 0 Å². The van der Waals surface area contributed by atoms with Crippen LogP contribution in [0.1, 0.15) is 23.8 Å². The Hall–Kier alpha value is -3.55. The van der Waals surface area contributed by atoms with Gasteiger partial charge in [-0.25, -0.2) is 0 Å². The molecule has 2 heterocycles. The minimum atomic E-state index is -0.117. The van der Waals surface area contributed by atoms with E-state index in [4.69, 9.17) is 18.7 Å². The van der Waals surface area contributed by atoms with Crippen molar-refractivity contribution in [1.82, 2.24) is 15.0 Å². The molecule has 31 heavy (non-hydrogen) atoms. The van der Waals surface area contributed by atoms with E-state index in [1.165, 1.54) is 0 Å². The number of likely N-dealkylation sites (tertiary alicyclic amines) is 1. The molecule has 0 N–H and O–H groups in total. The number of amides is 1. The van der Waals surface area contributed by atoms with E-state index in [2.05, 4.69) is 10.1 Å². The van der Waals surface area contributed by atoms with Gasteiger partial charge in [0.1, 0.15) is 5.75 Å². The SMILES string of the molecule is COc1ccc(CCN2CC(c3nc(-c4ccccc4OC)no3)CC2=O)cc1OC. The number of rotatable bonds is 8. The van der Waals surface area contributed by atoms with Crippen molar-refractivity contribution in [3.63, 3.8) is 0 Å². The van der Waals surface area contributed by atoms with Gasteiger partial charge in [-0.15, -0.1) is 0 Å². The predicted octanol–water partition coefficient (Wildman–Crippen LogP) is 3.32. The third-order valence-corrected chi connectivity index (χ3v) is 5.47. The van der Waals surface area contributed by atoms with Gasteiger partial charge in [-0.2, -0.15) is 4.98 Å². The van der Waals surface area contributed by atoms with Crippen LogP contribution in [-0.2, 0) is 11.2 Å². The summed E-state index contributed by atoms with van der Waals surface area (Å²) in [5.41, 5.74) is 1.83. The Kier molecular flexibility index (Phi) is 6.06. The monoisotopic (exact) mass is 423 g/mol. The van der Waals surface area contributed by atoms with E-state index in [0.29, 0.717) is 48.5 Å². The van der Waals surface area contributed by atoms with Crippen LogP contribution in [0.4, 0.5) is 0 Å². The first-order chi connectivity index (χ1) is 15.1. The van der Waals surface area contributed by atoms with Crippen LogP contribution in [0.2, 0.25) is 0 Å². The largest absolute Gasteiger partial charge is 0.496 e. The molecule has 0 spiro atoms. The molecule has 1 fully saturated rings. The van der Waals surface area contributed by atoms with E-state index < -0.39 is 0 Å². The highest BCUT2D eigenvalue weighted by Gasteiger charge is 2.34. The molecule has 0 bridgehead atoms. The standard InChI is InChI=1S/C23H25N3O5/c1-28-18-7-5-4-6-17(18)22-24-23(31-25-22)16-13-21(27)26(14-16)11-10-15-8-9-19(29-2)20(12-15)30-3/h4-9,12,16H,10-11,13-14H2,1-3H3. The van der Waals surface area contributed by atoms with Crippen LogP contribution in [0.3, 0.4) is 0 Å². The molecule has 3 aromatic rings. The lowest BCUT2D eigenvalue weighted by molar-refractivity contribution is -0.127. The average molecular weight is 423 g/mol. The fraction of sp³-hybridized carbons (Fsp3) is 0.348. The lowest BCUT2D eigenvalue weighted by atomic mass is 10.1. The Bertz CT molecular complexity index is 1060. The Balaban J connectivity index is 1.41. The third-order valence-electron chi connectivity index (χ3n) is 5.47. The molecule has 1 aromatic heterocycles. The Morgan fingerprint density at radius 1 is 1.03 bits per heavy atom. The van der Waals surface area contributed by atoms with Crippen molar-refractivity contribution < 1.29 is 23.5 Å². The number of nitrogens with zero attached hydrogens (tertiary/aromatic N) is 3. The van der Waals surface area contributed by atoms with Gasteiger partial charge in [-0.05, 0) is 36.2 Å². The molecule has 1 saturated heterocycles. The zero-order valence-corrected chi connectivity index (χ0v) is 17.8. The zero-order chi connectivity index (χ0) is 21.8. The van der Waals surface area contributed by atoms with Crippen LogP contribution in [-0.4, -0.2) is 55.4 Å². The molecule has 1 amide bonds. The zero-order valence-electron chi connectivity index (χ0n) is 17.8. The maximum absolute atomic E-state index is 12.6. The normalized spacial score (nSPS) is 15.9. The number of aromatic nitrogens is 2. The van der Waals surface area contributed by atoms with Crippen molar-refractivity contribution in [1.29, 1.82) is 0 Å². The second kappa shape index (κ2) is 9.07. The molecule has 8 nitrogen and oxygen atoms in total. The number of benzene rings is 2. The summed E-state index contributed by atoms with van der Waals surface area (Å²) in [5.74, 6) is 2.95. The number of hydrogen-bond acceptors (Lipinski definition) is 7. The van der Waals surface area contributed by atoms with Crippen LogP contribution in [0.25, 0.3) is 11.4 Å². The lowest BCUT2D eigenvalue weighted by Gasteiger charge is -2.16. The molecule has 1 aliphatic heterocycles. The van der Waals surface area contributed by atoms with Gasteiger partial charge in [0.05, 0.1) is 32.8 Å². The Morgan fingerprint density at radius 2 is 1.81 bits per heavy atom. The van der Waals surface area contributed by atoms with E-state index in [-0.39, 0.29) is 11.8 Å². The first kappa shape index (κ1) is 20.7. The summed E-state index contributed by atoms with van der Waals surface area (Å²) in [6.45, 7) is 1.16. The first-order valence-corrected chi connectivity index (χ1v) is 10.1. The summed E-state index contributed by atoms with van der Waals surface area (Å²) in [6.07, 6.45) is 1.08. The van der Waals surface area contributed by atoms with Gasteiger partial charge < -0.3 is 23.6 Å². The number of hydrogen-bond donors (Lipinski definition) is 0. The second-order valence-corrected chi connectivity index (χ2v) is 7.34. The van der Waals surface area contributed by atoms with Crippen LogP contribution in [0.5, 0.6) is 17.2 Å². The maximum Gasteiger partial charge on any atom is 0.232 e. The van der Waals surface area contributed by atoms with Crippen molar-refractivity contribution in [3.8, 4) is 28.6 Å². The lowest BCUT2D eigenvalue weighted by Crippen LogP contribution is -2.27. The fourth-order valence-corrected chi connectivity index (χ4v) is 3.79. The molecule has 8 heteroatoms. The highest BCUT2D eigenvalue weighted by atomic mass is 16.5. The second-order valence-electron chi connectivity index (χ2n) is 7.34. The van der Waals surface area contributed by atoms with Gasteiger partial charge in [-0.1, -0.05) is 23.4 Å². The molecule has 2 aromatic carbocycles. The highest BCUT2D eigenvalue weighted by Crippen LogP contribution is 2.32. The average Bonchev–Trinajstić information content (AvgIpc) is 3.44. The summed E-state index contributed by atoms with van der Waals surface area (Å²) < 4.78 is 21.5. The van der Waals surface area contributed by atoms with Gasteiger partial charge in [0.15, 0.2) is 11.5 Å². The highest BCUT2D eigenvalue weighted by molar-refractivity contribution is 5.79. The minimum Gasteiger partial charge on any atom is -0.496 e. The van der Waals surface area contributed by atoms with Crippen LogP contribution in [0.15, 0.2) is 47.0 Å². The topological polar surface area (TPSA) is 86.9 Å². The fourth-order valence-electron chi connectivity index (χ4n) is 3.79. The van der Waals surface area contributed by atoms with Gasteiger partial charge in [-0.3, -0.25) is 4.79 Å². The van der Waals surface area contributed by atoms with Crippen molar-refractivity contribution in [2.45, 2.75) is 18.8 Å². The molecular weight excluding hydrogens is 398 g/mol. The van der Waals surface area contributed by atoms with Crippen molar-refractivity contribution in [2.75, 3.05) is 34.4 Å². The number of carbonyl (C=O) groups excluding carboxylic acids is 1. The summed E-state index contributed by atoms with van der Waals surface area (Å²) in [7, 11) is 4.82. The molecule has 1 atom stereocenters. The summed E-state index contributed by atoms with van der Waals surface area (Å²) in [4.78, 5) is 18.9. The number of carbonyl (C=O) groups is 1. The Labute approximate surface area is 180 Å². The molecule has 162 valence electrons. The van der Waals surface area contributed by atoms with E-state index in [0.717, 1.165) is 17.5 Å². The van der Waals surface area contributed by atoms with E-state index >= 15 is 0 Å². The first-order valence-electron chi connectivity index (χ1n) is 10.1. The van der Waals surface area contributed by atoms with E-state index in [9.17, 15) is 4.79 Å².